The Bertz CT molecular complexity index is 85.6. The van der Waals surface area contributed by atoms with Crippen molar-refractivity contribution in [2.24, 2.45) is 11.7 Å². The molecule has 2 heteroatoms. The van der Waals surface area contributed by atoms with Crippen molar-refractivity contribution in [2.75, 3.05) is 13.7 Å². The van der Waals surface area contributed by atoms with Gasteiger partial charge >= 0.3 is 0 Å². The minimum atomic E-state index is 0.231. The van der Waals surface area contributed by atoms with E-state index in [1.807, 2.05) is 0 Å². The first kappa shape index (κ1) is 10.9. The maximum atomic E-state index is 5.76. The van der Waals surface area contributed by atoms with E-state index in [4.69, 9.17) is 10.5 Å². The van der Waals surface area contributed by atoms with Gasteiger partial charge in [-0.3, -0.25) is 0 Å². The Hall–Kier alpha value is -0.0800. The molecule has 0 aliphatic rings. The van der Waals surface area contributed by atoms with Gasteiger partial charge in [-0.1, -0.05) is 20.3 Å². The predicted molar refractivity (Wildman–Crippen MR) is 48.5 cm³/mol. The summed E-state index contributed by atoms with van der Waals surface area (Å²) >= 11 is 0. The Balaban J connectivity index is 3.22. The van der Waals surface area contributed by atoms with Gasteiger partial charge in [0.25, 0.3) is 0 Å². The summed E-state index contributed by atoms with van der Waals surface area (Å²) in [5.74, 6) is 0.804. The van der Waals surface area contributed by atoms with Gasteiger partial charge in [0.1, 0.15) is 0 Å². The van der Waals surface area contributed by atoms with E-state index in [-0.39, 0.29) is 6.04 Å². The van der Waals surface area contributed by atoms with E-state index in [2.05, 4.69) is 13.8 Å². The van der Waals surface area contributed by atoms with Crippen molar-refractivity contribution in [1.82, 2.24) is 0 Å². The summed E-state index contributed by atoms with van der Waals surface area (Å²) in [6, 6.07) is 0.231. The zero-order chi connectivity index (χ0) is 8.69. The van der Waals surface area contributed by atoms with Crippen LogP contribution in [0.3, 0.4) is 0 Å². The normalized spacial score (nSPS) is 16.4. The third-order valence-electron chi connectivity index (χ3n) is 2.11. The van der Waals surface area contributed by atoms with E-state index < -0.39 is 0 Å². The van der Waals surface area contributed by atoms with Crippen molar-refractivity contribution >= 4 is 0 Å². The van der Waals surface area contributed by atoms with Crippen LogP contribution in [0.5, 0.6) is 0 Å². The summed E-state index contributed by atoms with van der Waals surface area (Å²) in [7, 11) is 1.70. The number of hydrogen-bond acceptors (Lipinski definition) is 2. The summed E-state index contributed by atoms with van der Waals surface area (Å²) in [6.07, 6.45) is 3.56. The molecule has 0 aromatic heterocycles. The number of hydrogen-bond donors (Lipinski definition) is 1. The molecule has 0 bridgehead atoms. The van der Waals surface area contributed by atoms with Crippen molar-refractivity contribution in [1.29, 1.82) is 0 Å². The summed E-state index contributed by atoms with van der Waals surface area (Å²) in [5, 5.41) is 0. The first-order chi connectivity index (χ1) is 5.20. The molecule has 0 rings (SSSR count). The first-order valence-corrected chi connectivity index (χ1v) is 4.45. The molecule has 2 N–H and O–H groups in total. The van der Waals surface area contributed by atoms with Gasteiger partial charge in [-0.05, 0) is 18.8 Å². The third-order valence-corrected chi connectivity index (χ3v) is 2.11. The van der Waals surface area contributed by atoms with Crippen LogP contribution in [0.1, 0.15) is 33.1 Å². The number of rotatable bonds is 6. The molecule has 0 aromatic carbocycles. The Morgan fingerprint density at radius 1 is 1.36 bits per heavy atom. The van der Waals surface area contributed by atoms with Gasteiger partial charge in [0.2, 0.25) is 0 Å². The standard InChI is InChI=1S/C9H21NO/c1-4-8(2)5-6-9(10)7-11-3/h8-9H,4-7,10H2,1-3H3/t8-,9?/m0/s1. The molecule has 1 unspecified atom stereocenters. The quantitative estimate of drug-likeness (QED) is 0.641. The van der Waals surface area contributed by atoms with Gasteiger partial charge in [-0.15, -0.1) is 0 Å². The molecule has 0 amide bonds. The average molecular weight is 159 g/mol. The first-order valence-electron chi connectivity index (χ1n) is 4.45. The topological polar surface area (TPSA) is 35.2 Å². The van der Waals surface area contributed by atoms with E-state index in [1.165, 1.54) is 12.8 Å². The van der Waals surface area contributed by atoms with E-state index in [0.717, 1.165) is 12.3 Å². The lowest BCUT2D eigenvalue weighted by atomic mass is 10.0. The lowest BCUT2D eigenvalue weighted by Crippen LogP contribution is -2.25. The van der Waals surface area contributed by atoms with Gasteiger partial charge < -0.3 is 10.5 Å². The molecular formula is C9H21NO. The Kier molecular flexibility index (Phi) is 6.57. The second-order valence-electron chi connectivity index (χ2n) is 3.31. The number of nitrogens with two attached hydrogens (primary N) is 1. The molecule has 0 fully saturated rings. The van der Waals surface area contributed by atoms with Crippen molar-refractivity contribution in [2.45, 2.75) is 39.2 Å². The van der Waals surface area contributed by atoms with Crippen LogP contribution in [0, 0.1) is 5.92 Å². The largest absolute Gasteiger partial charge is 0.383 e. The minimum absolute atomic E-state index is 0.231. The van der Waals surface area contributed by atoms with Gasteiger partial charge in [0.05, 0.1) is 6.61 Å². The van der Waals surface area contributed by atoms with Gasteiger partial charge in [-0.25, -0.2) is 0 Å². The summed E-state index contributed by atoms with van der Waals surface area (Å²) in [4.78, 5) is 0. The molecule has 0 aliphatic heterocycles. The van der Waals surface area contributed by atoms with Gasteiger partial charge in [0.15, 0.2) is 0 Å². The second kappa shape index (κ2) is 6.62. The molecule has 68 valence electrons. The second-order valence-corrected chi connectivity index (χ2v) is 3.31. The summed E-state index contributed by atoms with van der Waals surface area (Å²) < 4.78 is 4.94. The molecule has 0 aromatic rings. The Labute approximate surface area is 70.1 Å². The maximum absolute atomic E-state index is 5.76. The van der Waals surface area contributed by atoms with Crippen LogP contribution in [0.15, 0.2) is 0 Å². The lowest BCUT2D eigenvalue weighted by molar-refractivity contribution is 0.174. The van der Waals surface area contributed by atoms with E-state index >= 15 is 0 Å². The molecule has 0 aliphatic carbocycles. The molecule has 0 saturated heterocycles. The molecule has 0 spiro atoms. The minimum Gasteiger partial charge on any atom is -0.383 e. The molecule has 2 atom stereocenters. The van der Waals surface area contributed by atoms with E-state index in [1.54, 1.807) is 7.11 Å². The van der Waals surface area contributed by atoms with Crippen molar-refractivity contribution in [3.63, 3.8) is 0 Å². The highest BCUT2D eigenvalue weighted by molar-refractivity contribution is 4.61. The van der Waals surface area contributed by atoms with Crippen LogP contribution in [0.2, 0.25) is 0 Å². The van der Waals surface area contributed by atoms with Crippen LogP contribution < -0.4 is 5.73 Å². The SMILES string of the molecule is CC[C@H](C)CCC(N)COC. The Morgan fingerprint density at radius 2 is 2.00 bits per heavy atom. The van der Waals surface area contributed by atoms with Crippen molar-refractivity contribution < 1.29 is 4.74 Å². The lowest BCUT2D eigenvalue weighted by Gasteiger charge is -2.12. The fourth-order valence-corrected chi connectivity index (χ4v) is 1.00. The highest BCUT2D eigenvalue weighted by Crippen LogP contribution is 2.10. The van der Waals surface area contributed by atoms with Crippen LogP contribution in [-0.2, 0) is 4.74 Å². The van der Waals surface area contributed by atoms with Crippen LogP contribution in [-0.4, -0.2) is 19.8 Å². The Morgan fingerprint density at radius 3 is 2.45 bits per heavy atom. The fraction of sp³-hybridized carbons (Fsp3) is 1.00. The molecular weight excluding hydrogens is 138 g/mol. The highest BCUT2D eigenvalue weighted by atomic mass is 16.5. The van der Waals surface area contributed by atoms with Crippen molar-refractivity contribution in [3.05, 3.63) is 0 Å². The smallest absolute Gasteiger partial charge is 0.0613 e. The molecule has 0 heterocycles. The zero-order valence-corrected chi connectivity index (χ0v) is 7.97. The van der Waals surface area contributed by atoms with Crippen molar-refractivity contribution in [3.8, 4) is 0 Å². The molecule has 0 radical (unpaired) electrons. The third kappa shape index (κ3) is 6.32. The average Bonchev–Trinajstić information content (AvgIpc) is 2.01. The van der Waals surface area contributed by atoms with Crippen LogP contribution in [0.4, 0.5) is 0 Å². The predicted octanol–water partition coefficient (Wildman–Crippen LogP) is 1.79. The van der Waals surface area contributed by atoms with E-state index in [9.17, 15) is 0 Å². The van der Waals surface area contributed by atoms with E-state index in [0.29, 0.717) is 6.61 Å². The maximum Gasteiger partial charge on any atom is 0.0613 e. The monoisotopic (exact) mass is 159 g/mol. The molecule has 11 heavy (non-hydrogen) atoms. The summed E-state index contributed by atoms with van der Waals surface area (Å²) in [5.41, 5.74) is 5.76. The zero-order valence-electron chi connectivity index (χ0n) is 7.97. The summed E-state index contributed by atoms with van der Waals surface area (Å²) in [6.45, 7) is 5.17. The molecule has 0 saturated carbocycles. The highest BCUT2D eigenvalue weighted by Gasteiger charge is 2.04. The molecule has 2 nitrogen and oxygen atoms in total. The number of methoxy groups -OCH3 is 1. The van der Waals surface area contributed by atoms with Gasteiger partial charge in [-0.2, -0.15) is 0 Å². The fourth-order valence-electron chi connectivity index (χ4n) is 1.00. The van der Waals surface area contributed by atoms with Gasteiger partial charge in [0, 0.05) is 13.2 Å². The number of ether oxygens (including phenoxy) is 1. The van der Waals surface area contributed by atoms with Crippen LogP contribution >= 0.6 is 0 Å². The van der Waals surface area contributed by atoms with Crippen LogP contribution in [0.25, 0.3) is 0 Å².